The van der Waals surface area contributed by atoms with Crippen LogP contribution in [0.25, 0.3) is 11.1 Å². The molecule has 0 fully saturated rings. The van der Waals surface area contributed by atoms with Crippen LogP contribution < -0.4 is 29.6 Å². The van der Waals surface area contributed by atoms with E-state index in [1.807, 2.05) is 0 Å². The number of aryl methyl sites for hydroxylation is 1. The van der Waals surface area contributed by atoms with Crippen LogP contribution >= 0.6 is 0 Å². The van der Waals surface area contributed by atoms with E-state index in [4.69, 9.17) is 0 Å². The third-order valence-corrected chi connectivity index (χ3v) is 2.78. The minimum Gasteiger partial charge on any atom is -1.00 e. The van der Waals surface area contributed by atoms with E-state index >= 15 is 0 Å². The first-order chi connectivity index (χ1) is 8.80. The second-order valence-corrected chi connectivity index (χ2v) is 4.12. The smallest absolute Gasteiger partial charge is 1.00 e. The molecule has 0 radical (unpaired) electrons. The zero-order chi connectivity index (χ0) is 14.2. The third kappa shape index (κ3) is 3.40. The molecule has 0 aliphatic rings. The second kappa shape index (κ2) is 6.24. The van der Waals surface area contributed by atoms with Gasteiger partial charge >= 0.3 is 35.7 Å². The first-order valence-electron chi connectivity index (χ1n) is 5.43. The van der Waals surface area contributed by atoms with Crippen LogP contribution in [0.4, 0.5) is 22.0 Å². The quantitative estimate of drug-likeness (QED) is 0.558. The molecule has 2 aromatic carbocycles. The Balaban J connectivity index is 0.00000200. The van der Waals surface area contributed by atoms with Gasteiger partial charge in [-0.1, -0.05) is 12.1 Å². The molecule has 0 nitrogen and oxygen atoms in total. The maximum atomic E-state index is 13.7. The molecule has 0 spiro atoms. The minimum atomic E-state index is -4.60. The van der Waals surface area contributed by atoms with Crippen molar-refractivity contribution in [3.05, 3.63) is 59.2 Å². The molecule has 102 valence electrons. The Hall–Kier alpha value is -0.910. The molecular weight excluding hydrogens is 286 g/mol. The summed E-state index contributed by atoms with van der Waals surface area (Å²) >= 11 is 0. The first-order valence-corrected chi connectivity index (χ1v) is 5.43. The summed E-state index contributed by atoms with van der Waals surface area (Å²) in [6.07, 6.45) is -4.60. The van der Waals surface area contributed by atoms with Crippen molar-refractivity contribution in [3.8, 4) is 11.1 Å². The molecule has 2 aromatic rings. The van der Waals surface area contributed by atoms with Gasteiger partial charge in [0.15, 0.2) is 0 Å². The number of benzene rings is 2. The molecule has 0 heterocycles. The molecule has 20 heavy (non-hydrogen) atoms. The Kier molecular flexibility index (Phi) is 5.35. The van der Waals surface area contributed by atoms with Gasteiger partial charge in [-0.3, -0.25) is 0 Å². The van der Waals surface area contributed by atoms with Crippen molar-refractivity contribution in [2.45, 2.75) is 13.1 Å². The van der Waals surface area contributed by atoms with E-state index in [2.05, 4.69) is 0 Å². The summed E-state index contributed by atoms with van der Waals surface area (Å²) in [6.45, 7) is 1.45. The van der Waals surface area contributed by atoms with Crippen LogP contribution in [-0.4, -0.2) is 0 Å². The standard InChI is InChI=1S/C14H9F5.Na.H/c1-8-3-2-4-11(14(17,18)19)13(8)10-6-5-9(15)7-12(10)16;;/h2-7H,1H3;;/q;+1;-1. The van der Waals surface area contributed by atoms with Crippen molar-refractivity contribution in [1.29, 1.82) is 0 Å². The zero-order valence-electron chi connectivity index (χ0n) is 11.9. The van der Waals surface area contributed by atoms with Gasteiger partial charge < -0.3 is 1.43 Å². The number of hydrogen-bond acceptors (Lipinski definition) is 0. The predicted molar refractivity (Wildman–Crippen MR) is 62.6 cm³/mol. The molecule has 0 unspecified atom stereocenters. The van der Waals surface area contributed by atoms with Crippen LogP contribution in [0.15, 0.2) is 36.4 Å². The van der Waals surface area contributed by atoms with Crippen molar-refractivity contribution >= 4 is 0 Å². The fourth-order valence-corrected chi connectivity index (χ4v) is 1.95. The van der Waals surface area contributed by atoms with Gasteiger partial charge in [0.2, 0.25) is 0 Å². The van der Waals surface area contributed by atoms with Crippen molar-refractivity contribution < 1.29 is 52.9 Å². The summed E-state index contributed by atoms with van der Waals surface area (Å²) in [5.41, 5.74) is -1.17. The van der Waals surface area contributed by atoms with Crippen LogP contribution in [0.5, 0.6) is 0 Å². The van der Waals surface area contributed by atoms with Crippen LogP contribution in [0.3, 0.4) is 0 Å². The fourth-order valence-electron chi connectivity index (χ4n) is 1.95. The summed E-state index contributed by atoms with van der Waals surface area (Å²) < 4.78 is 65.3. The summed E-state index contributed by atoms with van der Waals surface area (Å²) in [4.78, 5) is 0. The molecule has 0 N–H and O–H groups in total. The van der Waals surface area contributed by atoms with E-state index in [-0.39, 0.29) is 47.7 Å². The molecule has 0 bridgehead atoms. The molecule has 0 amide bonds. The molecule has 0 aliphatic heterocycles. The van der Waals surface area contributed by atoms with E-state index in [1.54, 1.807) is 0 Å². The van der Waals surface area contributed by atoms with Crippen molar-refractivity contribution in [1.82, 2.24) is 0 Å². The van der Waals surface area contributed by atoms with Gasteiger partial charge in [0.1, 0.15) is 11.6 Å². The normalized spacial score (nSPS) is 11.1. The fraction of sp³-hybridized carbons (Fsp3) is 0.143. The molecule has 0 aliphatic carbocycles. The molecule has 0 saturated carbocycles. The largest absolute Gasteiger partial charge is 1.00 e. The SMILES string of the molecule is Cc1cccc(C(F)(F)F)c1-c1ccc(F)cc1F.[H-].[Na+]. The Morgan fingerprint density at radius 1 is 1.00 bits per heavy atom. The van der Waals surface area contributed by atoms with E-state index in [0.717, 1.165) is 18.2 Å². The van der Waals surface area contributed by atoms with Gasteiger partial charge in [-0.15, -0.1) is 0 Å². The van der Waals surface area contributed by atoms with Crippen LogP contribution in [-0.2, 0) is 6.18 Å². The number of hydrogen-bond donors (Lipinski definition) is 0. The van der Waals surface area contributed by atoms with Crippen molar-refractivity contribution in [2.75, 3.05) is 0 Å². The molecule has 2 rings (SSSR count). The summed E-state index contributed by atoms with van der Waals surface area (Å²) in [7, 11) is 0. The second-order valence-electron chi connectivity index (χ2n) is 4.12. The monoisotopic (exact) mass is 296 g/mol. The average Bonchev–Trinajstić information content (AvgIpc) is 2.28. The van der Waals surface area contributed by atoms with E-state index in [0.29, 0.717) is 6.07 Å². The molecule has 0 aromatic heterocycles. The van der Waals surface area contributed by atoms with Crippen LogP contribution in [0.2, 0.25) is 0 Å². The number of alkyl halides is 3. The van der Waals surface area contributed by atoms with Gasteiger partial charge in [-0.2, -0.15) is 13.2 Å². The van der Waals surface area contributed by atoms with Crippen LogP contribution in [0, 0.1) is 18.6 Å². The van der Waals surface area contributed by atoms with Crippen LogP contribution in [0.1, 0.15) is 12.6 Å². The van der Waals surface area contributed by atoms with Gasteiger partial charge in [0, 0.05) is 11.6 Å². The van der Waals surface area contributed by atoms with Crippen molar-refractivity contribution in [2.24, 2.45) is 0 Å². The summed E-state index contributed by atoms with van der Waals surface area (Å²) in [6, 6.07) is 6.11. The Bertz CT molecular complexity index is 625. The maximum Gasteiger partial charge on any atom is 1.00 e. The Morgan fingerprint density at radius 3 is 2.20 bits per heavy atom. The molecule has 0 atom stereocenters. The molecule has 6 heteroatoms. The molecular formula is C14H10F5Na. The van der Waals surface area contributed by atoms with E-state index in [9.17, 15) is 22.0 Å². The van der Waals surface area contributed by atoms with Gasteiger partial charge in [-0.25, -0.2) is 8.78 Å². The predicted octanol–water partition coefficient (Wildman–Crippen LogP) is 2.08. The average molecular weight is 296 g/mol. The zero-order valence-corrected chi connectivity index (χ0v) is 12.9. The number of rotatable bonds is 1. The van der Waals surface area contributed by atoms with Gasteiger partial charge in [0.05, 0.1) is 5.56 Å². The van der Waals surface area contributed by atoms with Gasteiger partial charge in [-0.05, 0) is 36.2 Å². The van der Waals surface area contributed by atoms with Crippen molar-refractivity contribution in [3.63, 3.8) is 0 Å². The summed E-state index contributed by atoms with van der Waals surface area (Å²) in [5.74, 6) is -1.84. The number of halogens is 5. The van der Waals surface area contributed by atoms with E-state index in [1.165, 1.54) is 19.1 Å². The third-order valence-electron chi connectivity index (χ3n) is 2.78. The van der Waals surface area contributed by atoms with Gasteiger partial charge in [0.25, 0.3) is 0 Å². The minimum absolute atomic E-state index is 0. The summed E-state index contributed by atoms with van der Waals surface area (Å²) in [5, 5.41) is 0. The van der Waals surface area contributed by atoms with E-state index < -0.39 is 23.4 Å². The molecule has 0 saturated heterocycles. The topological polar surface area (TPSA) is 0 Å². The Morgan fingerprint density at radius 2 is 1.65 bits per heavy atom. The Labute approximate surface area is 136 Å². The first kappa shape index (κ1) is 17.1. The maximum absolute atomic E-state index is 13.7.